The monoisotopic (exact) mass is 301 g/mol. The minimum Gasteiger partial charge on any atom is -0.396 e. The summed E-state index contributed by atoms with van der Waals surface area (Å²) in [5, 5.41) is 9.13. The van der Waals surface area contributed by atoms with Gasteiger partial charge in [-0.25, -0.2) is 4.39 Å². The summed E-state index contributed by atoms with van der Waals surface area (Å²) in [5.74, 6) is -1.33. The van der Waals surface area contributed by atoms with E-state index in [4.69, 9.17) is 10.8 Å². The Labute approximate surface area is 115 Å². The third-order valence-electron chi connectivity index (χ3n) is 2.90. The maximum atomic E-state index is 13.1. The standard InChI is InChI=1S/C12H15F4NO.ClH/c1-11(2,6-18)10(17)7-3-4-9(13)8(5-7)12(14,15)16;/h3-5,10,18H,6,17H2,1-2H3;1H/t10-;/m1./s1. The molecule has 0 aliphatic rings. The van der Waals surface area contributed by atoms with Gasteiger partial charge < -0.3 is 10.8 Å². The van der Waals surface area contributed by atoms with Crippen molar-refractivity contribution >= 4 is 12.4 Å². The van der Waals surface area contributed by atoms with Crippen LogP contribution in [0.4, 0.5) is 17.6 Å². The zero-order valence-electron chi connectivity index (χ0n) is 10.5. The molecule has 0 aromatic heterocycles. The van der Waals surface area contributed by atoms with Crippen molar-refractivity contribution in [3.8, 4) is 0 Å². The van der Waals surface area contributed by atoms with Crippen molar-refractivity contribution in [1.29, 1.82) is 0 Å². The van der Waals surface area contributed by atoms with Crippen LogP contribution in [-0.2, 0) is 6.18 Å². The molecule has 1 aromatic rings. The second-order valence-electron chi connectivity index (χ2n) is 4.86. The fraction of sp³-hybridized carbons (Fsp3) is 0.500. The molecule has 3 N–H and O–H groups in total. The molecule has 2 nitrogen and oxygen atoms in total. The van der Waals surface area contributed by atoms with E-state index >= 15 is 0 Å². The van der Waals surface area contributed by atoms with Gasteiger partial charge in [0.25, 0.3) is 0 Å². The van der Waals surface area contributed by atoms with Gasteiger partial charge >= 0.3 is 6.18 Å². The average Bonchev–Trinajstić information content (AvgIpc) is 2.27. The number of alkyl halides is 3. The van der Waals surface area contributed by atoms with Gasteiger partial charge in [0.1, 0.15) is 5.82 Å². The smallest absolute Gasteiger partial charge is 0.396 e. The van der Waals surface area contributed by atoms with Crippen LogP contribution in [0.5, 0.6) is 0 Å². The Bertz CT molecular complexity index is 434. The SMILES string of the molecule is CC(C)(CO)[C@H](N)c1ccc(F)c(C(F)(F)F)c1.Cl. The summed E-state index contributed by atoms with van der Waals surface area (Å²) < 4.78 is 50.7. The van der Waals surface area contributed by atoms with Crippen LogP contribution in [0.2, 0.25) is 0 Å². The van der Waals surface area contributed by atoms with Gasteiger partial charge in [0.2, 0.25) is 0 Å². The van der Waals surface area contributed by atoms with Gasteiger partial charge in [-0.3, -0.25) is 0 Å². The van der Waals surface area contributed by atoms with Crippen molar-refractivity contribution < 1.29 is 22.7 Å². The molecule has 0 heterocycles. The van der Waals surface area contributed by atoms with E-state index in [-0.39, 0.29) is 24.6 Å². The molecule has 1 rings (SSSR count). The minimum absolute atomic E-state index is 0. The van der Waals surface area contributed by atoms with Crippen LogP contribution in [0.1, 0.15) is 31.0 Å². The molecule has 0 saturated carbocycles. The van der Waals surface area contributed by atoms with E-state index in [1.54, 1.807) is 13.8 Å². The molecule has 19 heavy (non-hydrogen) atoms. The molecule has 0 aliphatic carbocycles. The Morgan fingerprint density at radius 3 is 2.21 bits per heavy atom. The topological polar surface area (TPSA) is 46.2 Å². The lowest BCUT2D eigenvalue weighted by atomic mass is 9.81. The highest BCUT2D eigenvalue weighted by atomic mass is 35.5. The normalized spacial score (nSPS) is 13.9. The first-order valence-corrected chi connectivity index (χ1v) is 5.32. The van der Waals surface area contributed by atoms with Crippen LogP contribution < -0.4 is 5.73 Å². The maximum Gasteiger partial charge on any atom is 0.419 e. The van der Waals surface area contributed by atoms with Crippen LogP contribution in [0.3, 0.4) is 0 Å². The van der Waals surface area contributed by atoms with E-state index in [1.807, 2.05) is 0 Å². The molecule has 0 radical (unpaired) electrons. The van der Waals surface area contributed by atoms with Crippen molar-refractivity contribution in [3.63, 3.8) is 0 Å². The van der Waals surface area contributed by atoms with Gasteiger partial charge in [0.05, 0.1) is 5.56 Å². The minimum atomic E-state index is -4.76. The average molecular weight is 302 g/mol. The van der Waals surface area contributed by atoms with Crippen LogP contribution in [0.25, 0.3) is 0 Å². The lowest BCUT2D eigenvalue weighted by Crippen LogP contribution is -2.32. The summed E-state index contributed by atoms with van der Waals surface area (Å²) in [6, 6.07) is 1.82. The number of aliphatic hydroxyl groups is 1. The van der Waals surface area contributed by atoms with Gasteiger partial charge in [-0.2, -0.15) is 13.2 Å². The van der Waals surface area contributed by atoms with Gasteiger partial charge in [0.15, 0.2) is 0 Å². The van der Waals surface area contributed by atoms with Crippen LogP contribution in [-0.4, -0.2) is 11.7 Å². The van der Waals surface area contributed by atoms with E-state index < -0.39 is 29.0 Å². The number of halogens is 5. The number of rotatable bonds is 3. The third-order valence-corrected chi connectivity index (χ3v) is 2.90. The summed E-state index contributed by atoms with van der Waals surface area (Å²) in [6.07, 6.45) is -4.76. The van der Waals surface area contributed by atoms with Gasteiger partial charge in [0, 0.05) is 18.1 Å². The molecule has 0 spiro atoms. The number of aliphatic hydroxyl groups excluding tert-OH is 1. The Morgan fingerprint density at radius 1 is 1.26 bits per heavy atom. The molecule has 110 valence electrons. The van der Waals surface area contributed by atoms with E-state index in [1.165, 1.54) is 6.07 Å². The molecule has 1 aromatic carbocycles. The first-order chi connectivity index (χ1) is 8.09. The molecular formula is C12H16ClF4NO. The van der Waals surface area contributed by atoms with Crippen molar-refractivity contribution in [2.45, 2.75) is 26.1 Å². The predicted octanol–water partition coefficient (Wildman–Crippen LogP) is 3.28. The van der Waals surface area contributed by atoms with E-state index in [2.05, 4.69) is 0 Å². The zero-order valence-corrected chi connectivity index (χ0v) is 11.3. The first-order valence-electron chi connectivity index (χ1n) is 5.32. The lowest BCUT2D eigenvalue weighted by Gasteiger charge is -2.30. The number of hydrogen-bond acceptors (Lipinski definition) is 2. The zero-order chi connectivity index (χ0) is 14.1. The lowest BCUT2D eigenvalue weighted by molar-refractivity contribution is -0.140. The number of hydrogen-bond donors (Lipinski definition) is 2. The molecule has 0 bridgehead atoms. The fourth-order valence-electron chi connectivity index (χ4n) is 1.50. The predicted molar refractivity (Wildman–Crippen MR) is 66.4 cm³/mol. The molecule has 0 fully saturated rings. The van der Waals surface area contributed by atoms with Gasteiger partial charge in [-0.1, -0.05) is 19.9 Å². The van der Waals surface area contributed by atoms with Crippen molar-refractivity contribution in [2.75, 3.05) is 6.61 Å². The number of nitrogens with two attached hydrogens (primary N) is 1. The molecule has 0 amide bonds. The summed E-state index contributed by atoms with van der Waals surface area (Å²) in [6.45, 7) is 2.95. The highest BCUT2D eigenvalue weighted by molar-refractivity contribution is 5.85. The molecule has 1 atom stereocenters. The third kappa shape index (κ3) is 4.06. The van der Waals surface area contributed by atoms with Gasteiger partial charge in [-0.05, 0) is 17.7 Å². The van der Waals surface area contributed by atoms with Gasteiger partial charge in [-0.15, -0.1) is 12.4 Å². The molecule has 0 aliphatic heterocycles. The van der Waals surface area contributed by atoms with Crippen LogP contribution in [0.15, 0.2) is 18.2 Å². The second-order valence-corrected chi connectivity index (χ2v) is 4.86. The summed E-state index contributed by atoms with van der Waals surface area (Å²) in [5.41, 5.74) is 3.80. The van der Waals surface area contributed by atoms with Crippen LogP contribution in [0, 0.1) is 11.2 Å². The molecule has 7 heteroatoms. The maximum absolute atomic E-state index is 13.1. The molecule has 0 saturated heterocycles. The Hall–Kier alpha value is -0.850. The van der Waals surface area contributed by atoms with Crippen LogP contribution >= 0.6 is 12.4 Å². The van der Waals surface area contributed by atoms with E-state index in [9.17, 15) is 17.6 Å². The fourth-order valence-corrected chi connectivity index (χ4v) is 1.50. The molecular weight excluding hydrogens is 286 g/mol. The summed E-state index contributed by atoms with van der Waals surface area (Å²) in [4.78, 5) is 0. The Morgan fingerprint density at radius 2 is 1.79 bits per heavy atom. The quantitative estimate of drug-likeness (QED) is 0.842. The van der Waals surface area contributed by atoms with Crippen molar-refractivity contribution in [2.24, 2.45) is 11.1 Å². The van der Waals surface area contributed by atoms with Crippen molar-refractivity contribution in [1.82, 2.24) is 0 Å². The Kier molecular flexibility index (Phi) is 5.80. The highest BCUT2D eigenvalue weighted by Crippen LogP contribution is 2.36. The summed E-state index contributed by atoms with van der Waals surface area (Å²) in [7, 11) is 0. The van der Waals surface area contributed by atoms with Crippen molar-refractivity contribution in [3.05, 3.63) is 35.1 Å². The molecule has 0 unspecified atom stereocenters. The first kappa shape index (κ1) is 18.1. The second kappa shape index (κ2) is 6.07. The Balaban J connectivity index is 0.00000324. The number of benzene rings is 1. The largest absolute Gasteiger partial charge is 0.419 e. The van der Waals surface area contributed by atoms with E-state index in [0.717, 1.165) is 6.07 Å². The van der Waals surface area contributed by atoms with E-state index in [0.29, 0.717) is 6.07 Å². The highest BCUT2D eigenvalue weighted by Gasteiger charge is 2.36. The summed E-state index contributed by atoms with van der Waals surface area (Å²) >= 11 is 0.